The average molecular weight is 372 g/mol. The second kappa shape index (κ2) is 8.10. The summed E-state index contributed by atoms with van der Waals surface area (Å²) in [5.41, 5.74) is 3.91. The highest BCUT2D eigenvalue weighted by atomic mass is 35.5. The summed E-state index contributed by atoms with van der Waals surface area (Å²) in [7, 11) is 0. The Hall–Kier alpha value is -2.73. The van der Waals surface area contributed by atoms with Crippen molar-refractivity contribution in [2.75, 3.05) is 17.2 Å². The molecule has 0 saturated carbocycles. The van der Waals surface area contributed by atoms with E-state index in [9.17, 15) is 4.39 Å². The summed E-state index contributed by atoms with van der Waals surface area (Å²) in [6, 6.07) is 10.4. The molecule has 7 heteroatoms. The van der Waals surface area contributed by atoms with Crippen molar-refractivity contribution in [1.82, 2.24) is 15.2 Å². The van der Waals surface area contributed by atoms with Crippen molar-refractivity contribution in [3.63, 3.8) is 0 Å². The molecule has 26 heavy (non-hydrogen) atoms. The van der Waals surface area contributed by atoms with Crippen LogP contribution in [0.25, 0.3) is 0 Å². The van der Waals surface area contributed by atoms with Crippen molar-refractivity contribution in [2.45, 2.75) is 20.3 Å². The lowest BCUT2D eigenvalue weighted by atomic mass is 10.1. The molecule has 5 nitrogen and oxygen atoms in total. The van der Waals surface area contributed by atoms with E-state index in [2.05, 4.69) is 25.8 Å². The Labute approximate surface area is 156 Å². The van der Waals surface area contributed by atoms with Crippen molar-refractivity contribution >= 4 is 29.1 Å². The fourth-order valence-electron chi connectivity index (χ4n) is 2.61. The molecular formula is C19H19ClFN5. The molecule has 0 aliphatic rings. The van der Waals surface area contributed by atoms with Gasteiger partial charge in [-0.15, -0.1) is 5.10 Å². The second-order valence-electron chi connectivity index (χ2n) is 6.03. The molecule has 3 rings (SSSR count). The standard InChI is InChI=1S/C19H19ClFN5/c1-12-9-13(2)18(16(20)10-12)25-19-24-17(11-23-26-19)22-8-7-14-3-5-15(21)6-4-14/h3-6,9-11H,7-8H2,1-2H3,(H2,22,24,25,26). The summed E-state index contributed by atoms with van der Waals surface area (Å²) in [6.07, 6.45) is 2.30. The van der Waals surface area contributed by atoms with E-state index in [0.717, 1.165) is 28.8 Å². The van der Waals surface area contributed by atoms with E-state index in [1.54, 1.807) is 18.3 Å². The van der Waals surface area contributed by atoms with E-state index in [1.165, 1.54) is 12.1 Å². The number of hydrogen-bond donors (Lipinski definition) is 2. The largest absolute Gasteiger partial charge is 0.368 e. The SMILES string of the molecule is Cc1cc(C)c(Nc2nncc(NCCc3ccc(F)cc3)n2)c(Cl)c1. The van der Waals surface area contributed by atoms with E-state index in [1.807, 2.05) is 26.0 Å². The van der Waals surface area contributed by atoms with Crippen molar-refractivity contribution in [1.29, 1.82) is 0 Å². The number of hydrogen-bond acceptors (Lipinski definition) is 5. The second-order valence-corrected chi connectivity index (χ2v) is 6.44. The van der Waals surface area contributed by atoms with Gasteiger partial charge in [-0.1, -0.05) is 29.8 Å². The van der Waals surface area contributed by atoms with Crippen molar-refractivity contribution in [3.05, 3.63) is 70.1 Å². The van der Waals surface area contributed by atoms with Gasteiger partial charge in [0.15, 0.2) is 5.82 Å². The van der Waals surface area contributed by atoms with Gasteiger partial charge in [0.2, 0.25) is 5.95 Å². The van der Waals surface area contributed by atoms with Crippen LogP contribution in [-0.4, -0.2) is 21.7 Å². The third-order valence-electron chi connectivity index (χ3n) is 3.86. The van der Waals surface area contributed by atoms with Crippen LogP contribution in [0.2, 0.25) is 5.02 Å². The first-order valence-electron chi connectivity index (χ1n) is 8.23. The number of halogens is 2. The summed E-state index contributed by atoms with van der Waals surface area (Å²) in [5.74, 6) is 0.735. The highest BCUT2D eigenvalue weighted by Gasteiger charge is 2.08. The molecule has 0 spiro atoms. The van der Waals surface area contributed by atoms with E-state index in [0.29, 0.717) is 23.3 Å². The predicted molar refractivity (Wildman–Crippen MR) is 103 cm³/mol. The third-order valence-corrected chi connectivity index (χ3v) is 4.16. The fourth-order valence-corrected chi connectivity index (χ4v) is 2.98. The van der Waals surface area contributed by atoms with Crippen LogP contribution in [0, 0.1) is 19.7 Å². The number of anilines is 3. The fraction of sp³-hybridized carbons (Fsp3) is 0.211. The number of rotatable bonds is 6. The maximum absolute atomic E-state index is 12.9. The minimum atomic E-state index is -0.234. The number of nitrogens with zero attached hydrogens (tertiary/aromatic N) is 3. The average Bonchev–Trinajstić information content (AvgIpc) is 2.60. The molecular weight excluding hydrogens is 353 g/mol. The molecule has 1 aromatic heterocycles. The molecule has 0 unspecified atom stereocenters. The Morgan fingerprint density at radius 2 is 1.88 bits per heavy atom. The molecule has 0 fully saturated rings. The van der Waals surface area contributed by atoms with Crippen LogP contribution in [0.1, 0.15) is 16.7 Å². The van der Waals surface area contributed by atoms with Crippen molar-refractivity contribution in [2.24, 2.45) is 0 Å². The van der Waals surface area contributed by atoms with Gasteiger partial charge in [0, 0.05) is 6.54 Å². The van der Waals surface area contributed by atoms with Gasteiger partial charge in [-0.05, 0) is 55.2 Å². The molecule has 3 aromatic rings. The zero-order valence-corrected chi connectivity index (χ0v) is 15.3. The van der Waals surface area contributed by atoms with Gasteiger partial charge in [-0.2, -0.15) is 10.1 Å². The van der Waals surface area contributed by atoms with Crippen LogP contribution >= 0.6 is 11.6 Å². The quantitative estimate of drug-likeness (QED) is 0.658. The van der Waals surface area contributed by atoms with Crippen LogP contribution in [0.15, 0.2) is 42.6 Å². The molecule has 0 bridgehead atoms. The van der Waals surface area contributed by atoms with E-state index in [4.69, 9.17) is 11.6 Å². The summed E-state index contributed by atoms with van der Waals surface area (Å²) >= 11 is 6.31. The van der Waals surface area contributed by atoms with Crippen LogP contribution in [0.3, 0.4) is 0 Å². The zero-order chi connectivity index (χ0) is 18.5. The number of aromatic nitrogens is 3. The van der Waals surface area contributed by atoms with Crippen LogP contribution in [0.4, 0.5) is 21.8 Å². The zero-order valence-electron chi connectivity index (χ0n) is 14.6. The number of nitrogens with one attached hydrogen (secondary N) is 2. The van der Waals surface area contributed by atoms with Crippen molar-refractivity contribution in [3.8, 4) is 0 Å². The first-order valence-corrected chi connectivity index (χ1v) is 8.61. The Bertz CT molecular complexity index is 876. The van der Waals surface area contributed by atoms with Gasteiger partial charge in [0.05, 0.1) is 16.9 Å². The van der Waals surface area contributed by atoms with E-state index >= 15 is 0 Å². The topological polar surface area (TPSA) is 62.7 Å². The van der Waals surface area contributed by atoms with Gasteiger partial charge < -0.3 is 10.6 Å². The molecule has 2 N–H and O–H groups in total. The normalized spacial score (nSPS) is 10.6. The van der Waals surface area contributed by atoms with E-state index in [-0.39, 0.29) is 5.82 Å². The monoisotopic (exact) mass is 371 g/mol. The molecule has 2 aromatic carbocycles. The number of benzene rings is 2. The van der Waals surface area contributed by atoms with Gasteiger partial charge in [0.25, 0.3) is 0 Å². The molecule has 0 saturated heterocycles. The summed E-state index contributed by atoms with van der Waals surface area (Å²) in [4.78, 5) is 4.40. The van der Waals surface area contributed by atoms with Crippen molar-refractivity contribution < 1.29 is 4.39 Å². The van der Waals surface area contributed by atoms with Gasteiger partial charge in [0.1, 0.15) is 5.82 Å². The van der Waals surface area contributed by atoms with Gasteiger partial charge in [-0.3, -0.25) is 0 Å². The summed E-state index contributed by atoms with van der Waals surface area (Å²) in [6.45, 7) is 4.61. The molecule has 1 heterocycles. The Morgan fingerprint density at radius 3 is 2.62 bits per heavy atom. The van der Waals surface area contributed by atoms with Crippen LogP contribution in [-0.2, 0) is 6.42 Å². The summed E-state index contributed by atoms with van der Waals surface area (Å²) < 4.78 is 12.9. The Balaban J connectivity index is 1.64. The molecule has 134 valence electrons. The molecule has 0 aliphatic heterocycles. The lowest BCUT2D eigenvalue weighted by molar-refractivity contribution is 0.627. The molecule has 0 radical (unpaired) electrons. The smallest absolute Gasteiger partial charge is 0.249 e. The van der Waals surface area contributed by atoms with Crippen LogP contribution < -0.4 is 10.6 Å². The Kier molecular flexibility index (Phi) is 5.63. The number of aryl methyl sites for hydroxylation is 2. The maximum Gasteiger partial charge on any atom is 0.249 e. The lowest BCUT2D eigenvalue weighted by Crippen LogP contribution is -2.09. The minimum absolute atomic E-state index is 0.234. The minimum Gasteiger partial charge on any atom is -0.368 e. The van der Waals surface area contributed by atoms with E-state index < -0.39 is 0 Å². The molecule has 0 atom stereocenters. The summed E-state index contributed by atoms with van der Waals surface area (Å²) in [5, 5.41) is 14.9. The lowest BCUT2D eigenvalue weighted by Gasteiger charge is -2.12. The molecule has 0 aliphatic carbocycles. The van der Waals surface area contributed by atoms with Gasteiger partial charge >= 0.3 is 0 Å². The Morgan fingerprint density at radius 1 is 1.12 bits per heavy atom. The van der Waals surface area contributed by atoms with Crippen LogP contribution in [0.5, 0.6) is 0 Å². The van der Waals surface area contributed by atoms with Gasteiger partial charge in [-0.25, -0.2) is 4.39 Å². The first-order chi connectivity index (χ1) is 12.5. The first kappa shape index (κ1) is 18.1. The maximum atomic E-state index is 12.9. The highest BCUT2D eigenvalue weighted by Crippen LogP contribution is 2.29. The third kappa shape index (κ3) is 4.67. The predicted octanol–water partition coefficient (Wildman–Crippen LogP) is 4.68. The molecule has 0 amide bonds. The highest BCUT2D eigenvalue weighted by molar-refractivity contribution is 6.33.